The second kappa shape index (κ2) is 3.39. The molecule has 1 rings (SSSR count). The number of halogens is 1. The maximum Gasteiger partial charge on any atom is 0.224 e. The summed E-state index contributed by atoms with van der Waals surface area (Å²) in [5.41, 5.74) is 1.04. The molecule has 1 fully saturated rings. The van der Waals surface area contributed by atoms with Crippen molar-refractivity contribution in [2.45, 2.75) is 18.2 Å². The van der Waals surface area contributed by atoms with Gasteiger partial charge in [-0.1, -0.05) is 28.1 Å². The number of nitrogens with zero attached hydrogens (tertiary/aromatic N) is 1. The van der Waals surface area contributed by atoms with Crippen LogP contribution in [0, 0.1) is 0 Å². The van der Waals surface area contributed by atoms with Gasteiger partial charge >= 0.3 is 0 Å². The molecule has 0 aromatic carbocycles. The predicted octanol–water partition coefficient (Wildman–Crippen LogP) is 1.56. The quantitative estimate of drug-likeness (QED) is 0.508. The number of rotatable bonds is 2. The van der Waals surface area contributed by atoms with Gasteiger partial charge in [0.25, 0.3) is 0 Å². The van der Waals surface area contributed by atoms with E-state index in [0.717, 1.165) is 12.1 Å². The van der Waals surface area contributed by atoms with Crippen LogP contribution in [0.15, 0.2) is 12.2 Å². The van der Waals surface area contributed by atoms with E-state index in [2.05, 4.69) is 22.5 Å². The first-order chi connectivity index (χ1) is 5.09. The molecule has 0 N–H and O–H groups in total. The summed E-state index contributed by atoms with van der Waals surface area (Å²) in [6.07, 6.45) is 0.632. The standard InChI is InChI=1S/C8H12BrNO/c1-6(2)4-10-5-7(9)3-8(10)11/h7H,1,3-5H2,2H3. The topological polar surface area (TPSA) is 20.3 Å². The van der Waals surface area contributed by atoms with Crippen LogP contribution in [0.25, 0.3) is 0 Å². The van der Waals surface area contributed by atoms with E-state index in [9.17, 15) is 4.79 Å². The highest BCUT2D eigenvalue weighted by Gasteiger charge is 2.26. The molecule has 1 unspecified atom stereocenters. The van der Waals surface area contributed by atoms with Crippen molar-refractivity contribution >= 4 is 21.8 Å². The molecule has 1 aliphatic rings. The predicted molar refractivity (Wildman–Crippen MR) is 48.7 cm³/mol. The average Bonchev–Trinajstić information content (AvgIpc) is 2.09. The van der Waals surface area contributed by atoms with Crippen molar-refractivity contribution in [3.8, 4) is 0 Å². The number of hydrogen-bond donors (Lipinski definition) is 0. The normalized spacial score (nSPS) is 24.4. The summed E-state index contributed by atoms with van der Waals surface area (Å²) in [5, 5.41) is 0. The van der Waals surface area contributed by atoms with Crippen LogP contribution >= 0.6 is 15.9 Å². The summed E-state index contributed by atoms with van der Waals surface area (Å²) in [5.74, 6) is 0.231. The van der Waals surface area contributed by atoms with E-state index >= 15 is 0 Å². The van der Waals surface area contributed by atoms with Crippen LogP contribution in [-0.2, 0) is 4.79 Å². The van der Waals surface area contributed by atoms with Crippen LogP contribution in [0.2, 0.25) is 0 Å². The molecule has 3 heteroatoms. The summed E-state index contributed by atoms with van der Waals surface area (Å²) in [7, 11) is 0. The Morgan fingerprint density at radius 2 is 2.55 bits per heavy atom. The summed E-state index contributed by atoms with van der Waals surface area (Å²) < 4.78 is 0. The first-order valence-corrected chi connectivity index (χ1v) is 4.57. The molecule has 0 aromatic heterocycles. The maximum absolute atomic E-state index is 11.2. The minimum Gasteiger partial charge on any atom is -0.338 e. The number of carbonyl (C=O) groups excluding carboxylic acids is 1. The van der Waals surface area contributed by atoms with E-state index < -0.39 is 0 Å². The minimum atomic E-state index is 0.231. The van der Waals surface area contributed by atoms with E-state index in [0.29, 0.717) is 17.8 Å². The van der Waals surface area contributed by atoms with Gasteiger partial charge in [0.2, 0.25) is 5.91 Å². The van der Waals surface area contributed by atoms with Gasteiger partial charge in [-0.3, -0.25) is 4.79 Å². The van der Waals surface area contributed by atoms with Gasteiger partial charge in [-0.25, -0.2) is 0 Å². The number of hydrogen-bond acceptors (Lipinski definition) is 1. The van der Waals surface area contributed by atoms with Crippen molar-refractivity contribution in [2.24, 2.45) is 0 Å². The zero-order chi connectivity index (χ0) is 8.43. The Kier molecular flexibility index (Phi) is 2.71. The lowest BCUT2D eigenvalue weighted by molar-refractivity contribution is -0.127. The van der Waals surface area contributed by atoms with Crippen LogP contribution < -0.4 is 0 Å². The Hall–Kier alpha value is -0.310. The average molecular weight is 218 g/mol. The van der Waals surface area contributed by atoms with Crippen LogP contribution in [0.3, 0.4) is 0 Å². The fraction of sp³-hybridized carbons (Fsp3) is 0.625. The summed E-state index contributed by atoms with van der Waals surface area (Å²) in [4.78, 5) is 13.4. The van der Waals surface area contributed by atoms with Gasteiger partial charge in [0.15, 0.2) is 0 Å². The summed E-state index contributed by atoms with van der Waals surface area (Å²) in [6, 6.07) is 0. The summed E-state index contributed by atoms with van der Waals surface area (Å²) >= 11 is 3.42. The highest BCUT2D eigenvalue weighted by atomic mass is 79.9. The van der Waals surface area contributed by atoms with Gasteiger partial charge in [-0.15, -0.1) is 0 Å². The molecule has 1 atom stereocenters. The molecule has 1 saturated heterocycles. The van der Waals surface area contributed by atoms with Crippen LogP contribution in [0.1, 0.15) is 13.3 Å². The summed E-state index contributed by atoms with van der Waals surface area (Å²) in [6.45, 7) is 7.24. The molecule has 0 spiro atoms. The Morgan fingerprint density at radius 1 is 1.91 bits per heavy atom. The fourth-order valence-electron chi connectivity index (χ4n) is 1.20. The highest BCUT2D eigenvalue weighted by molar-refractivity contribution is 9.09. The Balaban J connectivity index is 2.47. The Morgan fingerprint density at radius 3 is 2.91 bits per heavy atom. The van der Waals surface area contributed by atoms with Crippen molar-refractivity contribution in [3.05, 3.63) is 12.2 Å². The monoisotopic (exact) mass is 217 g/mol. The van der Waals surface area contributed by atoms with E-state index in [1.165, 1.54) is 0 Å². The molecule has 62 valence electrons. The first kappa shape index (κ1) is 8.78. The van der Waals surface area contributed by atoms with E-state index in [-0.39, 0.29) is 5.91 Å². The van der Waals surface area contributed by atoms with Crippen LogP contribution in [-0.4, -0.2) is 28.7 Å². The zero-order valence-electron chi connectivity index (χ0n) is 6.64. The molecule has 0 radical (unpaired) electrons. The van der Waals surface area contributed by atoms with Crippen molar-refractivity contribution in [1.29, 1.82) is 0 Å². The van der Waals surface area contributed by atoms with Gasteiger partial charge in [-0.05, 0) is 6.92 Å². The van der Waals surface area contributed by atoms with Gasteiger partial charge in [0.05, 0.1) is 0 Å². The third-order valence-corrected chi connectivity index (χ3v) is 2.24. The van der Waals surface area contributed by atoms with Gasteiger partial charge < -0.3 is 4.90 Å². The van der Waals surface area contributed by atoms with Crippen molar-refractivity contribution in [2.75, 3.05) is 13.1 Å². The smallest absolute Gasteiger partial charge is 0.224 e. The van der Waals surface area contributed by atoms with Crippen molar-refractivity contribution in [3.63, 3.8) is 0 Å². The molecule has 0 aliphatic carbocycles. The highest BCUT2D eigenvalue weighted by Crippen LogP contribution is 2.18. The molecule has 1 aliphatic heterocycles. The molecule has 0 aromatic rings. The molecular weight excluding hydrogens is 206 g/mol. The van der Waals surface area contributed by atoms with Crippen molar-refractivity contribution in [1.82, 2.24) is 4.90 Å². The van der Waals surface area contributed by atoms with Crippen molar-refractivity contribution < 1.29 is 4.79 Å². The number of alkyl halides is 1. The second-order valence-electron chi connectivity index (χ2n) is 3.03. The second-order valence-corrected chi connectivity index (χ2v) is 4.33. The first-order valence-electron chi connectivity index (χ1n) is 3.66. The molecule has 1 heterocycles. The Labute approximate surface area is 75.4 Å². The molecule has 0 saturated carbocycles. The zero-order valence-corrected chi connectivity index (χ0v) is 8.23. The minimum absolute atomic E-state index is 0.231. The maximum atomic E-state index is 11.2. The number of carbonyl (C=O) groups is 1. The third-order valence-electron chi connectivity index (χ3n) is 1.63. The Bertz CT molecular complexity index is 191. The SMILES string of the molecule is C=C(C)CN1CC(Br)CC1=O. The largest absolute Gasteiger partial charge is 0.338 e. The van der Waals surface area contributed by atoms with E-state index in [1.54, 1.807) is 0 Å². The molecular formula is C8H12BrNO. The van der Waals surface area contributed by atoms with Crippen LogP contribution in [0.5, 0.6) is 0 Å². The van der Waals surface area contributed by atoms with Gasteiger partial charge in [0, 0.05) is 24.3 Å². The fourth-order valence-corrected chi connectivity index (χ4v) is 1.83. The van der Waals surface area contributed by atoms with E-state index in [1.807, 2.05) is 11.8 Å². The number of amides is 1. The molecule has 0 bridgehead atoms. The molecule has 11 heavy (non-hydrogen) atoms. The number of likely N-dealkylation sites (tertiary alicyclic amines) is 1. The third kappa shape index (κ3) is 2.33. The van der Waals surface area contributed by atoms with E-state index in [4.69, 9.17) is 0 Å². The lowest BCUT2D eigenvalue weighted by Gasteiger charge is -2.14. The van der Waals surface area contributed by atoms with Gasteiger partial charge in [-0.2, -0.15) is 0 Å². The molecule has 1 amide bonds. The van der Waals surface area contributed by atoms with Gasteiger partial charge in [0.1, 0.15) is 0 Å². The lowest BCUT2D eigenvalue weighted by atomic mass is 10.3. The molecule has 2 nitrogen and oxygen atoms in total. The lowest BCUT2D eigenvalue weighted by Crippen LogP contribution is -2.26. The van der Waals surface area contributed by atoms with Crippen LogP contribution in [0.4, 0.5) is 0 Å².